The quantitative estimate of drug-likeness (QED) is 0.600. The highest BCUT2D eigenvalue weighted by Crippen LogP contribution is 2.30. The highest BCUT2D eigenvalue weighted by Gasteiger charge is 2.28. The molecule has 9 nitrogen and oxygen atoms in total. The molecule has 168 valence electrons. The third-order valence-electron chi connectivity index (χ3n) is 5.14. The van der Waals surface area contributed by atoms with Crippen molar-refractivity contribution in [3.05, 3.63) is 53.5 Å². The van der Waals surface area contributed by atoms with E-state index in [0.29, 0.717) is 36.1 Å². The van der Waals surface area contributed by atoms with Crippen LogP contribution in [0.3, 0.4) is 0 Å². The summed E-state index contributed by atoms with van der Waals surface area (Å²) in [6.07, 6.45) is 5.07. The number of nitrogens with one attached hydrogen (secondary N) is 1. The normalized spacial score (nSPS) is 13.3. The zero-order valence-electron chi connectivity index (χ0n) is 18.0. The molecule has 2 aromatic heterocycles. The molecule has 0 spiro atoms. The predicted molar refractivity (Wildman–Crippen MR) is 115 cm³/mol. The average Bonchev–Trinajstić information content (AvgIpc) is 3.20. The lowest BCUT2D eigenvalue weighted by Crippen LogP contribution is -2.44. The Hall–Kier alpha value is -3.76. The first-order valence-electron chi connectivity index (χ1n) is 10.0. The van der Waals surface area contributed by atoms with Gasteiger partial charge in [0.25, 0.3) is 0 Å². The lowest BCUT2D eigenvalue weighted by atomic mass is 10.2. The molecule has 0 bridgehead atoms. The fourth-order valence-electron chi connectivity index (χ4n) is 3.62. The van der Waals surface area contributed by atoms with Crippen molar-refractivity contribution in [3.63, 3.8) is 0 Å². The monoisotopic (exact) mass is 443 g/mol. The topological polar surface area (TPSA) is 88.4 Å². The first kappa shape index (κ1) is 21.5. The summed E-state index contributed by atoms with van der Waals surface area (Å²) in [6, 6.07) is 2.45. The van der Waals surface area contributed by atoms with Crippen molar-refractivity contribution in [1.82, 2.24) is 19.7 Å². The van der Waals surface area contributed by atoms with Crippen LogP contribution in [0, 0.1) is 11.6 Å². The van der Waals surface area contributed by atoms with Crippen molar-refractivity contribution in [2.24, 2.45) is 0 Å². The smallest absolute Gasteiger partial charge is 0.246 e. The number of fused-ring (bicyclic) bond motifs is 1. The standard InChI is InChI=1S/C21H23F2N7O2/c1-4-30-17-9-25-21(27-20(17)28(2)12-18(30)31)24-7-14-8-26-29(11-14)10-13-5-15(22)19(32-3)16(23)6-13/h5-6,8-9,11H,4,7,10,12H2,1-3H3,(H,24,25,27). The molecule has 32 heavy (non-hydrogen) atoms. The largest absolute Gasteiger partial charge is 0.491 e. The summed E-state index contributed by atoms with van der Waals surface area (Å²) in [5, 5.41) is 7.39. The number of ether oxygens (including phenoxy) is 1. The number of likely N-dealkylation sites (N-methyl/N-ethyl adjacent to an activating group) is 2. The van der Waals surface area contributed by atoms with E-state index in [0.717, 1.165) is 5.56 Å². The number of benzene rings is 1. The number of aromatic nitrogens is 4. The molecule has 3 aromatic rings. The van der Waals surface area contributed by atoms with Crippen LogP contribution in [-0.4, -0.2) is 52.9 Å². The zero-order valence-corrected chi connectivity index (χ0v) is 18.0. The van der Waals surface area contributed by atoms with E-state index in [4.69, 9.17) is 4.74 Å². The number of amides is 1. The van der Waals surface area contributed by atoms with E-state index in [1.807, 2.05) is 14.0 Å². The highest BCUT2D eigenvalue weighted by atomic mass is 19.1. The van der Waals surface area contributed by atoms with Gasteiger partial charge in [0, 0.05) is 31.9 Å². The Morgan fingerprint density at radius 2 is 1.94 bits per heavy atom. The van der Waals surface area contributed by atoms with Crippen LogP contribution >= 0.6 is 0 Å². The number of halogens is 2. The van der Waals surface area contributed by atoms with Crippen molar-refractivity contribution < 1.29 is 18.3 Å². The van der Waals surface area contributed by atoms with Gasteiger partial charge in [-0.25, -0.2) is 13.8 Å². The number of hydrogen-bond acceptors (Lipinski definition) is 7. The van der Waals surface area contributed by atoms with Crippen LogP contribution < -0.4 is 19.9 Å². The molecular formula is C21H23F2N7O2. The summed E-state index contributed by atoms with van der Waals surface area (Å²) in [6.45, 7) is 3.34. The lowest BCUT2D eigenvalue weighted by Gasteiger charge is -2.33. The van der Waals surface area contributed by atoms with Crippen LogP contribution in [0.4, 0.5) is 26.2 Å². The van der Waals surface area contributed by atoms with Crippen LogP contribution in [0.2, 0.25) is 0 Å². The second kappa shape index (κ2) is 8.77. The van der Waals surface area contributed by atoms with Crippen molar-refractivity contribution in [3.8, 4) is 5.75 Å². The van der Waals surface area contributed by atoms with Crippen LogP contribution in [0.1, 0.15) is 18.1 Å². The van der Waals surface area contributed by atoms with E-state index in [2.05, 4.69) is 20.4 Å². The zero-order chi connectivity index (χ0) is 22.8. The summed E-state index contributed by atoms with van der Waals surface area (Å²) >= 11 is 0. The van der Waals surface area contributed by atoms with Crippen molar-refractivity contribution in [1.29, 1.82) is 0 Å². The number of carbonyl (C=O) groups is 1. The van der Waals surface area contributed by atoms with Gasteiger partial charge in [0.2, 0.25) is 11.9 Å². The van der Waals surface area contributed by atoms with Gasteiger partial charge in [0.1, 0.15) is 5.69 Å². The Bertz CT molecular complexity index is 1130. The second-order valence-electron chi connectivity index (χ2n) is 7.39. The van der Waals surface area contributed by atoms with Crippen LogP contribution in [0.5, 0.6) is 5.75 Å². The molecule has 11 heteroatoms. The van der Waals surface area contributed by atoms with Gasteiger partial charge >= 0.3 is 0 Å². The summed E-state index contributed by atoms with van der Waals surface area (Å²) in [7, 11) is 3.03. The van der Waals surface area contributed by atoms with Crippen molar-refractivity contribution in [2.75, 3.05) is 42.4 Å². The Balaban J connectivity index is 1.43. The third-order valence-corrected chi connectivity index (χ3v) is 5.14. The first-order chi connectivity index (χ1) is 15.4. The molecule has 4 rings (SSSR count). The molecule has 0 fully saturated rings. The molecule has 1 aromatic carbocycles. The van der Waals surface area contributed by atoms with Gasteiger partial charge in [-0.2, -0.15) is 10.1 Å². The molecule has 0 saturated carbocycles. The van der Waals surface area contributed by atoms with E-state index >= 15 is 0 Å². The minimum atomic E-state index is -0.755. The molecular weight excluding hydrogens is 420 g/mol. The fraction of sp³-hybridized carbons (Fsp3) is 0.333. The maximum absolute atomic E-state index is 13.9. The Kier molecular flexibility index (Phi) is 5.89. The summed E-state index contributed by atoms with van der Waals surface area (Å²) in [4.78, 5) is 24.5. The fourth-order valence-corrected chi connectivity index (χ4v) is 3.62. The Morgan fingerprint density at radius 1 is 1.19 bits per heavy atom. The van der Waals surface area contributed by atoms with Gasteiger partial charge in [-0.3, -0.25) is 9.48 Å². The summed E-state index contributed by atoms with van der Waals surface area (Å²) in [5.74, 6) is -0.794. The Labute approximate surface area is 183 Å². The molecule has 0 saturated heterocycles. The molecule has 0 radical (unpaired) electrons. The molecule has 3 heterocycles. The van der Waals surface area contributed by atoms with Gasteiger partial charge in [-0.05, 0) is 24.6 Å². The van der Waals surface area contributed by atoms with Crippen LogP contribution in [0.25, 0.3) is 0 Å². The maximum atomic E-state index is 13.9. The molecule has 1 amide bonds. The number of rotatable bonds is 7. The predicted octanol–water partition coefficient (Wildman–Crippen LogP) is 2.42. The van der Waals surface area contributed by atoms with E-state index in [1.54, 1.807) is 33.1 Å². The SMILES string of the molecule is CCN1C(=O)CN(C)c2nc(NCc3cnn(Cc4cc(F)c(OC)c(F)c4)c3)ncc21. The number of anilines is 3. The van der Waals surface area contributed by atoms with Crippen molar-refractivity contribution in [2.45, 2.75) is 20.0 Å². The second-order valence-corrected chi connectivity index (χ2v) is 7.39. The molecule has 1 aliphatic rings. The molecule has 0 atom stereocenters. The number of carbonyl (C=O) groups excluding carboxylic acids is 1. The summed E-state index contributed by atoms with van der Waals surface area (Å²) < 4.78 is 34.1. The van der Waals surface area contributed by atoms with Gasteiger partial charge in [-0.1, -0.05) is 0 Å². The molecule has 0 unspecified atom stereocenters. The van der Waals surface area contributed by atoms with E-state index < -0.39 is 17.4 Å². The van der Waals surface area contributed by atoms with Gasteiger partial charge in [-0.15, -0.1) is 0 Å². The van der Waals surface area contributed by atoms with Crippen LogP contribution in [0.15, 0.2) is 30.7 Å². The summed E-state index contributed by atoms with van der Waals surface area (Å²) in [5.41, 5.74) is 1.96. The molecule has 1 N–H and O–H groups in total. The first-order valence-corrected chi connectivity index (χ1v) is 10.0. The highest BCUT2D eigenvalue weighted by molar-refractivity contribution is 6.02. The third kappa shape index (κ3) is 4.18. The molecule has 1 aliphatic heterocycles. The van der Waals surface area contributed by atoms with E-state index in [9.17, 15) is 13.6 Å². The van der Waals surface area contributed by atoms with E-state index in [1.165, 1.54) is 19.2 Å². The van der Waals surface area contributed by atoms with E-state index in [-0.39, 0.29) is 19.0 Å². The lowest BCUT2D eigenvalue weighted by molar-refractivity contribution is -0.117. The van der Waals surface area contributed by atoms with Gasteiger partial charge in [0.05, 0.1) is 32.6 Å². The Morgan fingerprint density at radius 3 is 2.62 bits per heavy atom. The average molecular weight is 443 g/mol. The van der Waals surface area contributed by atoms with Crippen LogP contribution in [-0.2, 0) is 17.9 Å². The van der Waals surface area contributed by atoms with Gasteiger partial charge < -0.3 is 19.9 Å². The minimum Gasteiger partial charge on any atom is -0.491 e. The number of methoxy groups -OCH3 is 1. The van der Waals surface area contributed by atoms with Gasteiger partial charge in [0.15, 0.2) is 23.2 Å². The molecule has 0 aliphatic carbocycles. The maximum Gasteiger partial charge on any atom is 0.246 e. The number of nitrogens with zero attached hydrogens (tertiary/aromatic N) is 6. The van der Waals surface area contributed by atoms with Crippen molar-refractivity contribution >= 4 is 23.4 Å². The number of hydrogen-bond donors (Lipinski definition) is 1. The minimum absolute atomic E-state index is 0.0100.